The largest absolute Gasteiger partial charge is 0.352 e. The van der Waals surface area contributed by atoms with Crippen LogP contribution in [0.1, 0.15) is 22.8 Å². The van der Waals surface area contributed by atoms with Crippen LogP contribution in [-0.4, -0.2) is 18.4 Å². The van der Waals surface area contributed by atoms with Gasteiger partial charge in [-0.05, 0) is 31.0 Å². The third-order valence-electron chi connectivity index (χ3n) is 3.52. The lowest BCUT2D eigenvalue weighted by molar-refractivity contribution is -0.111. The molecule has 2 amide bonds. The fourth-order valence-electron chi connectivity index (χ4n) is 2.28. The van der Waals surface area contributed by atoms with Crippen molar-refractivity contribution in [2.24, 2.45) is 0 Å². The molecular weight excluding hydrogens is 312 g/mol. The summed E-state index contributed by atoms with van der Waals surface area (Å²) in [6.07, 6.45) is 7.43. The molecule has 0 bridgehead atoms. The normalized spacial score (nSPS) is 10.9. The second-order valence-electron chi connectivity index (χ2n) is 5.41. The van der Waals surface area contributed by atoms with Crippen LogP contribution in [0.3, 0.4) is 0 Å². The number of para-hydroxylation sites is 1. The number of carbonyl (C=O) groups is 2. The van der Waals surface area contributed by atoms with E-state index in [1.807, 2.05) is 43.3 Å². The van der Waals surface area contributed by atoms with Gasteiger partial charge in [-0.2, -0.15) is 0 Å². The molecule has 0 aliphatic rings. The molecule has 4 nitrogen and oxygen atoms in total. The summed E-state index contributed by atoms with van der Waals surface area (Å²) in [5.41, 5.74) is 2.11. The molecule has 0 aliphatic carbocycles. The van der Waals surface area contributed by atoms with Crippen LogP contribution >= 0.6 is 0 Å². The highest BCUT2D eigenvalue weighted by molar-refractivity contribution is 6.06. The first-order valence-corrected chi connectivity index (χ1v) is 8.22. The SMILES string of the molecule is C/C=C/C=C/C(=O)Nc1ccccc1C(=O)NCCc1ccccc1. The van der Waals surface area contributed by atoms with Crippen molar-refractivity contribution >= 4 is 17.5 Å². The van der Waals surface area contributed by atoms with E-state index in [1.165, 1.54) is 11.6 Å². The summed E-state index contributed by atoms with van der Waals surface area (Å²) in [5, 5.41) is 5.63. The van der Waals surface area contributed by atoms with Crippen molar-refractivity contribution < 1.29 is 9.59 Å². The molecule has 0 aliphatic heterocycles. The monoisotopic (exact) mass is 334 g/mol. The second kappa shape index (κ2) is 9.88. The number of benzene rings is 2. The fraction of sp³-hybridized carbons (Fsp3) is 0.143. The smallest absolute Gasteiger partial charge is 0.253 e. The van der Waals surface area contributed by atoms with E-state index in [9.17, 15) is 9.59 Å². The Morgan fingerprint density at radius 3 is 2.44 bits per heavy atom. The van der Waals surface area contributed by atoms with Crippen LogP contribution in [0.2, 0.25) is 0 Å². The molecule has 4 heteroatoms. The summed E-state index contributed by atoms with van der Waals surface area (Å²) in [5.74, 6) is -0.480. The maximum atomic E-state index is 12.4. The molecule has 25 heavy (non-hydrogen) atoms. The molecule has 128 valence electrons. The van der Waals surface area contributed by atoms with E-state index >= 15 is 0 Å². The number of rotatable bonds is 7. The van der Waals surface area contributed by atoms with Gasteiger partial charge in [0, 0.05) is 12.6 Å². The van der Waals surface area contributed by atoms with E-state index in [-0.39, 0.29) is 11.8 Å². The van der Waals surface area contributed by atoms with Crippen molar-refractivity contribution in [1.82, 2.24) is 5.32 Å². The zero-order chi connectivity index (χ0) is 17.9. The maximum Gasteiger partial charge on any atom is 0.253 e. The number of anilines is 1. The molecule has 0 aromatic heterocycles. The van der Waals surface area contributed by atoms with Crippen molar-refractivity contribution in [1.29, 1.82) is 0 Å². The van der Waals surface area contributed by atoms with Crippen LogP contribution in [0.25, 0.3) is 0 Å². The van der Waals surface area contributed by atoms with Crippen LogP contribution in [-0.2, 0) is 11.2 Å². The average molecular weight is 334 g/mol. The lowest BCUT2D eigenvalue weighted by Gasteiger charge is -2.10. The predicted molar refractivity (Wildman–Crippen MR) is 102 cm³/mol. The van der Waals surface area contributed by atoms with Gasteiger partial charge in [-0.3, -0.25) is 9.59 Å². The standard InChI is InChI=1S/C21H22N2O2/c1-2-3-5-14-20(24)23-19-13-9-8-12-18(19)21(25)22-16-15-17-10-6-4-7-11-17/h2-14H,15-16H2,1H3,(H,22,25)(H,23,24)/b3-2+,14-5+. The summed E-state index contributed by atoms with van der Waals surface area (Å²) in [6, 6.07) is 16.9. The molecular formula is C21H22N2O2. The van der Waals surface area contributed by atoms with Crippen molar-refractivity contribution in [3.63, 3.8) is 0 Å². The molecule has 2 rings (SSSR count). The van der Waals surface area contributed by atoms with Crippen molar-refractivity contribution in [2.45, 2.75) is 13.3 Å². The minimum atomic E-state index is -0.275. The first-order valence-electron chi connectivity index (χ1n) is 8.22. The highest BCUT2D eigenvalue weighted by Crippen LogP contribution is 2.15. The van der Waals surface area contributed by atoms with Crippen LogP contribution in [0.4, 0.5) is 5.69 Å². The molecule has 0 unspecified atom stereocenters. The van der Waals surface area contributed by atoms with Gasteiger partial charge in [-0.15, -0.1) is 0 Å². The maximum absolute atomic E-state index is 12.4. The fourth-order valence-corrected chi connectivity index (χ4v) is 2.28. The quantitative estimate of drug-likeness (QED) is 0.599. The Balaban J connectivity index is 1.96. The Bertz CT molecular complexity index is 764. The van der Waals surface area contributed by atoms with Crippen LogP contribution in [0.5, 0.6) is 0 Å². The molecule has 0 fully saturated rings. The van der Waals surface area contributed by atoms with Gasteiger partial charge in [0.2, 0.25) is 5.91 Å². The lowest BCUT2D eigenvalue weighted by Crippen LogP contribution is -2.27. The molecule has 2 aromatic carbocycles. The van der Waals surface area contributed by atoms with Crippen LogP contribution in [0, 0.1) is 0 Å². The van der Waals surface area contributed by atoms with E-state index in [4.69, 9.17) is 0 Å². The van der Waals surface area contributed by atoms with Crippen LogP contribution in [0.15, 0.2) is 78.9 Å². The highest BCUT2D eigenvalue weighted by Gasteiger charge is 2.11. The number of allylic oxidation sites excluding steroid dienone is 3. The van der Waals surface area contributed by atoms with Gasteiger partial charge in [-0.25, -0.2) is 0 Å². The Kier molecular flexibility index (Phi) is 7.19. The molecule has 0 spiro atoms. The third kappa shape index (κ3) is 6.11. The molecule has 0 heterocycles. The van der Waals surface area contributed by atoms with Gasteiger partial charge in [0.1, 0.15) is 0 Å². The second-order valence-corrected chi connectivity index (χ2v) is 5.41. The Morgan fingerprint density at radius 1 is 0.960 bits per heavy atom. The Morgan fingerprint density at radius 2 is 1.68 bits per heavy atom. The molecule has 0 atom stereocenters. The van der Waals surface area contributed by atoms with Gasteiger partial charge < -0.3 is 10.6 Å². The number of nitrogens with one attached hydrogen (secondary N) is 2. The lowest BCUT2D eigenvalue weighted by atomic mass is 10.1. The van der Waals surface area contributed by atoms with Crippen molar-refractivity contribution in [3.8, 4) is 0 Å². The molecule has 0 saturated carbocycles. The van der Waals surface area contributed by atoms with Gasteiger partial charge in [0.25, 0.3) is 5.91 Å². The predicted octanol–water partition coefficient (Wildman–Crippen LogP) is 3.73. The first-order chi connectivity index (χ1) is 12.2. The first kappa shape index (κ1) is 18.2. The van der Waals surface area contributed by atoms with Crippen LogP contribution < -0.4 is 10.6 Å². The zero-order valence-corrected chi connectivity index (χ0v) is 14.2. The molecule has 2 N–H and O–H groups in total. The van der Waals surface area contributed by atoms with Gasteiger partial charge in [-0.1, -0.05) is 60.7 Å². The number of hydrogen-bond donors (Lipinski definition) is 2. The molecule has 2 aromatic rings. The van der Waals surface area contributed by atoms with Crippen molar-refractivity contribution in [2.75, 3.05) is 11.9 Å². The summed E-state index contributed by atoms with van der Waals surface area (Å²) < 4.78 is 0. The van der Waals surface area contributed by atoms with E-state index in [2.05, 4.69) is 10.6 Å². The van der Waals surface area contributed by atoms with Gasteiger partial charge >= 0.3 is 0 Å². The van der Waals surface area contributed by atoms with Crippen molar-refractivity contribution in [3.05, 3.63) is 90.0 Å². The van der Waals surface area contributed by atoms with E-state index in [0.717, 1.165) is 6.42 Å². The molecule has 0 saturated heterocycles. The summed E-state index contributed by atoms with van der Waals surface area (Å²) in [4.78, 5) is 24.3. The highest BCUT2D eigenvalue weighted by atomic mass is 16.2. The number of hydrogen-bond acceptors (Lipinski definition) is 2. The summed E-state index contributed by atoms with van der Waals surface area (Å²) in [7, 11) is 0. The Hall–Kier alpha value is -3.14. The minimum absolute atomic E-state index is 0.204. The number of carbonyl (C=O) groups excluding carboxylic acids is 2. The number of amides is 2. The minimum Gasteiger partial charge on any atom is -0.352 e. The van der Waals surface area contributed by atoms with Gasteiger partial charge in [0.15, 0.2) is 0 Å². The average Bonchev–Trinajstić information content (AvgIpc) is 2.63. The summed E-state index contributed by atoms with van der Waals surface area (Å²) in [6.45, 7) is 2.41. The van der Waals surface area contributed by atoms with E-state index in [0.29, 0.717) is 17.8 Å². The zero-order valence-electron chi connectivity index (χ0n) is 14.2. The molecule has 0 radical (unpaired) electrons. The van der Waals surface area contributed by atoms with E-state index < -0.39 is 0 Å². The Labute approximate surface area is 148 Å². The third-order valence-corrected chi connectivity index (χ3v) is 3.52. The topological polar surface area (TPSA) is 58.2 Å². The van der Waals surface area contributed by atoms with Gasteiger partial charge in [0.05, 0.1) is 11.3 Å². The van der Waals surface area contributed by atoms with E-state index in [1.54, 1.807) is 36.4 Å². The summed E-state index contributed by atoms with van der Waals surface area (Å²) >= 11 is 0.